The van der Waals surface area contributed by atoms with Crippen molar-refractivity contribution in [3.8, 4) is 0 Å². The molecule has 0 atom stereocenters. The molecule has 0 saturated heterocycles. The molecule has 5 heterocycles. The highest BCUT2D eigenvalue weighted by atomic mass is 35.5. The van der Waals surface area contributed by atoms with Crippen LogP contribution in [0, 0.1) is 0 Å². The Hall–Kier alpha value is -4.49. The van der Waals surface area contributed by atoms with Crippen molar-refractivity contribution in [3.63, 3.8) is 0 Å². The molecule has 4 bridgehead atoms. The normalized spacial score (nSPS) is 15.0. The van der Waals surface area contributed by atoms with Gasteiger partial charge in [-0.05, 0) is 57.9 Å². The SMILES string of the molecule is ClB1n2c3ccc2N=c2c4cc5ccccc5cc4c(n21)=NC1=NC(=N3)c2cc3ccccc3cc21. The van der Waals surface area contributed by atoms with Gasteiger partial charge in [-0.3, -0.25) is 0 Å². The Bertz CT molecular complexity index is 2190. The molecule has 4 aromatic carbocycles. The second-order valence-electron chi connectivity index (χ2n) is 9.33. The van der Waals surface area contributed by atoms with E-state index in [0.29, 0.717) is 17.5 Å². The first-order valence-electron chi connectivity index (χ1n) is 11.8. The topological polar surface area (TPSA) is 59.3 Å². The number of hydrogen-bond acceptors (Lipinski definition) is 4. The summed E-state index contributed by atoms with van der Waals surface area (Å²) in [6.45, 7) is 0. The number of nitrogens with zero attached hydrogens (tertiary/aromatic N) is 6. The zero-order chi connectivity index (χ0) is 23.5. The minimum atomic E-state index is -0.559. The lowest BCUT2D eigenvalue weighted by atomic mass is 10.0. The molecule has 6 aromatic rings. The van der Waals surface area contributed by atoms with Crippen LogP contribution in [0.25, 0.3) is 32.3 Å². The van der Waals surface area contributed by atoms with Crippen LogP contribution in [0.2, 0.25) is 0 Å². The summed E-state index contributed by atoms with van der Waals surface area (Å²) in [6, 6.07) is 29.3. The summed E-state index contributed by atoms with van der Waals surface area (Å²) in [4.78, 5) is 20.1. The van der Waals surface area contributed by atoms with E-state index in [1.165, 1.54) is 0 Å². The lowest BCUT2D eigenvalue weighted by Gasteiger charge is -2.18. The number of aliphatic imine (C=N–C) groups is 2. The van der Waals surface area contributed by atoms with Crippen molar-refractivity contribution in [2.45, 2.75) is 0 Å². The molecule has 0 spiro atoms. The van der Waals surface area contributed by atoms with Crippen molar-refractivity contribution in [3.05, 3.63) is 107 Å². The molecule has 8 heteroatoms. The van der Waals surface area contributed by atoms with Crippen molar-refractivity contribution < 1.29 is 0 Å². The van der Waals surface area contributed by atoms with Crippen molar-refractivity contribution >= 4 is 73.5 Å². The highest BCUT2D eigenvalue weighted by Gasteiger charge is 2.33. The summed E-state index contributed by atoms with van der Waals surface area (Å²) < 4.78 is 3.95. The van der Waals surface area contributed by atoms with Crippen LogP contribution in [-0.4, -0.2) is 27.0 Å². The van der Waals surface area contributed by atoms with Gasteiger partial charge in [-0.1, -0.05) is 48.5 Å². The molecular formula is C28H14BClN6. The van der Waals surface area contributed by atoms with E-state index in [9.17, 15) is 0 Å². The van der Waals surface area contributed by atoms with Crippen molar-refractivity contribution in [1.29, 1.82) is 0 Å². The molecular weight excluding hydrogens is 467 g/mol. The maximum absolute atomic E-state index is 7.18. The number of amidine groups is 2. The van der Waals surface area contributed by atoms with Crippen molar-refractivity contribution in [1.82, 2.24) is 8.96 Å². The first-order chi connectivity index (χ1) is 17.7. The quantitative estimate of drug-likeness (QED) is 0.271. The Morgan fingerprint density at radius 1 is 0.528 bits per heavy atom. The molecule has 36 heavy (non-hydrogen) atoms. The molecule has 6 nitrogen and oxygen atoms in total. The number of halogens is 1. The van der Waals surface area contributed by atoms with Crippen LogP contribution in [0.15, 0.2) is 105 Å². The Balaban J connectivity index is 1.50. The fourth-order valence-corrected chi connectivity index (χ4v) is 6.05. The first kappa shape index (κ1) is 18.8. The summed E-state index contributed by atoms with van der Waals surface area (Å²) in [7, 11) is 0. The van der Waals surface area contributed by atoms with Crippen molar-refractivity contribution in [2.24, 2.45) is 20.0 Å². The van der Waals surface area contributed by atoms with Gasteiger partial charge in [0.05, 0.1) is 0 Å². The minimum Gasteiger partial charge on any atom is -0.320 e. The van der Waals surface area contributed by atoms with Crippen LogP contribution in [0.5, 0.6) is 0 Å². The van der Waals surface area contributed by atoms with Crippen LogP contribution in [-0.2, 0) is 0 Å². The van der Waals surface area contributed by atoms with E-state index >= 15 is 0 Å². The fourth-order valence-electron chi connectivity index (χ4n) is 5.66. The van der Waals surface area contributed by atoms with Crippen LogP contribution in [0.4, 0.5) is 11.6 Å². The Morgan fingerprint density at radius 3 is 1.64 bits per heavy atom. The zero-order valence-electron chi connectivity index (χ0n) is 18.7. The lowest BCUT2D eigenvalue weighted by molar-refractivity contribution is 0.936. The van der Waals surface area contributed by atoms with E-state index in [1.54, 1.807) is 0 Å². The Morgan fingerprint density at radius 2 is 1.03 bits per heavy atom. The van der Waals surface area contributed by atoms with Gasteiger partial charge >= 0.3 is 6.40 Å². The molecule has 9 rings (SSSR count). The molecule has 0 saturated carbocycles. The Kier molecular flexibility index (Phi) is 3.33. The molecule has 166 valence electrons. The molecule has 0 N–H and O–H groups in total. The highest BCUT2D eigenvalue weighted by Crippen LogP contribution is 2.33. The maximum atomic E-state index is 7.18. The average molecular weight is 481 g/mol. The second kappa shape index (κ2) is 6.39. The third-order valence-corrected chi connectivity index (χ3v) is 7.75. The first-order valence-corrected chi connectivity index (χ1v) is 12.2. The molecule has 3 aliphatic rings. The smallest absolute Gasteiger partial charge is 0.320 e. The maximum Gasteiger partial charge on any atom is 0.499 e. The molecule has 0 unspecified atom stereocenters. The van der Waals surface area contributed by atoms with E-state index in [4.69, 9.17) is 31.4 Å². The van der Waals surface area contributed by atoms with E-state index in [-0.39, 0.29) is 0 Å². The van der Waals surface area contributed by atoms with E-state index in [0.717, 1.165) is 60.2 Å². The molecule has 3 aliphatic heterocycles. The van der Waals surface area contributed by atoms with E-state index in [2.05, 4.69) is 60.7 Å². The number of aromatic nitrogens is 2. The summed E-state index contributed by atoms with van der Waals surface area (Å²) in [6.07, 6.45) is -0.559. The molecule has 0 aliphatic carbocycles. The van der Waals surface area contributed by atoms with Crippen molar-refractivity contribution in [2.75, 3.05) is 0 Å². The fraction of sp³-hybridized carbons (Fsp3) is 0. The summed E-state index contributed by atoms with van der Waals surface area (Å²) in [5.41, 5.74) is 3.49. The largest absolute Gasteiger partial charge is 0.499 e. The summed E-state index contributed by atoms with van der Waals surface area (Å²) in [5.74, 6) is 2.76. The number of fused-ring (bicyclic) bond motifs is 9. The van der Waals surface area contributed by atoms with Gasteiger partial charge in [-0.25, -0.2) is 20.0 Å². The molecule has 2 aromatic heterocycles. The molecule has 0 amide bonds. The van der Waals surface area contributed by atoms with Gasteiger partial charge in [0.25, 0.3) is 0 Å². The molecule has 0 radical (unpaired) electrons. The van der Waals surface area contributed by atoms with Crippen LogP contribution in [0.1, 0.15) is 11.1 Å². The van der Waals surface area contributed by atoms with Gasteiger partial charge in [0.2, 0.25) is 0 Å². The highest BCUT2D eigenvalue weighted by molar-refractivity contribution is 7.05. The Labute approximate surface area is 209 Å². The van der Waals surface area contributed by atoms with E-state index < -0.39 is 6.40 Å². The second-order valence-corrected chi connectivity index (χ2v) is 9.72. The predicted molar refractivity (Wildman–Crippen MR) is 145 cm³/mol. The number of benzene rings is 4. The average Bonchev–Trinajstić information content (AvgIpc) is 3.55. The standard InChI is InChI=1S/C28H14BClN6/c30-29-35-23-9-10-24(35)32-27-21-13-17-7-3-4-8-18(17)14-22(21)28(36(27)29)34-26-20-12-16-6-2-1-5-15(16)11-19(20)25(31-23)33-26/h1-14H. The third-order valence-electron chi connectivity index (χ3n) is 7.36. The number of rotatable bonds is 0. The molecule has 0 fully saturated rings. The zero-order valence-corrected chi connectivity index (χ0v) is 19.5. The van der Waals surface area contributed by atoms with Crippen LogP contribution >= 0.6 is 11.5 Å². The summed E-state index contributed by atoms with van der Waals surface area (Å²) >= 11 is 7.18. The minimum absolute atomic E-state index is 0.559. The van der Waals surface area contributed by atoms with E-state index in [1.807, 2.05) is 33.2 Å². The van der Waals surface area contributed by atoms with Gasteiger partial charge < -0.3 is 8.96 Å². The van der Waals surface area contributed by atoms with Crippen LogP contribution in [0.3, 0.4) is 0 Å². The predicted octanol–water partition coefficient (Wildman–Crippen LogP) is 5.11. The van der Waals surface area contributed by atoms with Gasteiger partial charge in [0.1, 0.15) is 22.6 Å². The summed E-state index contributed by atoms with van der Waals surface area (Å²) in [5, 5.41) is 6.60. The van der Waals surface area contributed by atoms with Crippen LogP contribution < -0.4 is 11.0 Å². The van der Waals surface area contributed by atoms with Gasteiger partial charge in [-0.15, -0.1) is 11.5 Å². The third kappa shape index (κ3) is 2.28. The van der Waals surface area contributed by atoms with Gasteiger partial charge in [0, 0.05) is 21.9 Å². The lowest BCUT2D eigenvalue weighted by Crippen LogP contribution is -2.44. The van der Waals surface area contributed by atoms with Gasteiger partial charge in [0.15, 0.2) is 11.7 Å². The number of hydrogen-bond donors (Lipinski definition) is 0. The monoisotopic (exact) mass is 480 g/mol. The van der Waals surface area contributed by atoms with Gasteiger partial charge in [-0.2, -0.15) is 0 Å².